The second-order valence-corrected chi connectivity index (χ2v) is 9.41. The molecule has 0 unspecified atom stereocenters. The van der Waals surface area contributed by atoms with E-state index in [-0.39, 0.29) is 51.0 Å². The van der Waals surface area contributed by atoms with Gasteiger partial charge in [0.15, 0.2) is 0 Å². The van der Waals surface area contributed by atoms with Gasteiger partial charge in [0, 0.05) is 23.6 Å². The molecule has 2 aromatic carbocycles. The van der Waals surface area contributed by atoms with Crippen LogP contribution in [-0.4, -0.2) is 32.6 Å². The van der Waals surface area contributed by atoms with Gasteiger partial charge in [0.25, 0.3) is 0 Å². The van der Waals surface area contributed by atoms with Crippen LogP contribution < -0.4 is 10.2 Å². The molecule has 3 heterocycles. The Morgan fingerprint density at radius 2 is 1.78 bits per heavy atom. The molecule has 3 N–H and O–H groups in total. The lowest BCUT2D eigenvalue weighted by Gasteiger charge is -2.30. The number of epoxide rings is 1. The number of rotatable bonds is 3. The van der Waals surface area contributed by atoms with Gasteiger partial charge < -0.3 is 29.2 Å². The largest absolute Gasteiger partial charge is 0.508 e. The van der Waals surface area contributed by atoms with Gasteiger partial charge in [-0.25, -0.2) is 0 Å². The number of aromatic hydroxyl groups is 3. The maximum atomic E-state index is 13.5. The summed E-state index contributed by atoms with van der Waals surface area (Å²) in [7, 11) is 0. The van der Waals surface area contributed by atoms with Crippen molar-refractivity contribution in [1.29, 1.82) is 0 Å². The van der Waals surface area contributed by atoms with Gasteiger partial charge >= 0.3 is 0 Å². The van der Waals surface area contributed by atoms with Crippen LogP contribution in [0.3, 0.4) is 0 Å². The topological polar surface area (TPSA) is 113 Å². The van der Waals surface area contributed by atoms with Gasteiger partial charge in [-0.05, 0) is 52.0 Å². The van der Waals surface area contributed by atoms with Crippen LogP contribution in [-0.2, 0) is 11.2 Å². The van der Waals surface area contributed by atoms with E-state index in [0.717, 1.165) is 6.07 Å². The fourth-order valence-corrected chi connectivity index (χ4v) is 4.19. The Labute approximate surface area is 184 Å². The van der Waals surface area contributed by atoms with E-state index in [1.54, 1.807) is 6.08 Å². The quantitative estimate of drug-likeness (QED) is 0.519. The molecule has 7 nitrogen and oxygen atoms in total. The highest BCUT2D eigenvalue weighted by Crippen LogP contribution is 2.48. The molecule has 1 aromatic heterocycles. The molecule has 0 saturated carbocycles. The fraction of sp³-hybridized carbons (Fsp3) is 0.320. The molecular weight excluding hydrogens is 412 g/mol. The molecule has 1 fully saturated rings. The minimum atomic E-state index is -0.597. The molecule has 7 heteroatoms. The highest BCUT2D eigenvalue weighted by Gasteiger charge is 2.48. The standard InChI is InChI=1S/C25H24O7/c1-24(2)8-7-14-20(28)19-21(29)16(13-6-5-12(26)9-17(13)27)11-30-23(19)15(22(14)32-24)10-18-25(3,4)31-18/h5-9,11,18,26-28H,10H2,1-4H3/t18-/m1/s1. The number of fused-ring (bicyclic) bond motifs is 2. The predicted molar refractivity (Wildman–Crippen MR) is 119 cm³/mol. The van der Waals surface area contributed by atoms with Crippen molar-refractivity contribution in [2.45, 2.75) is 51.4 Å². The van der Waals surface area contributed by atoms with Crippen LogP contribution in [0.25, 0.3) is 28.2 Å². The van der Waals surface area contributed by atoms with Gasteiger partial charge in [-0.15, -0.1) is 0 Å². The first-order valence-corrected chi connectivity index (χ1v) is 10.4. The molecule has 32 heavy (non-hydrogen) atoms. The summed E-state index contributed by atoms with van der Waals surface area (Å²) in [6.45, 7) is 7.78. The number of phenolic OH excluding ortho intramolecular Hbond substituents is 3. The van der Waals surface area contributed by atoms with E-state index in [2.05, 4.69) is 0 Å². The molecule has 0 radical (unpaired) electrons. The summed E-state index contributed by atoms with van der Waals surface area (Å²) in [5.41, 5.74) is 0.157. The summed E-state index contributed by atoms with van der Waals surface area (Å²) in [6, 6.07) is 3.93. The molecule has 1 atom stereocenters. The van der Waals surface area contributed by atoms with Crippen LogP contribution in [0.1, 0.15) is 38.8 Å². The number of phenols is 3. The maximum Gasteiger partial charge on any atom is 0.204 e. The first kappa shape index (κ1) is 20.5. The first-order chi connectivity index (χ1) is 15.0. The van der Waals surface area contributed by atoms with Crippen LogP contribution in [0.15, 0.2) is 39.7 Å². The van der Waals surface area contributed by atoms with E-state index >= 15 is 0 Å². The first-order valence-electron chi connectivity index (χ1n) is 10.4. The minimum Gasteiger partial charge on any atom is -0.508 e. The molecule has 5 rings (SSSR count). The molecule has 0 aliphatic carbocycles. The van der Waals surface area contributed by atoms with Crippen LogP contribution in [0.2, 0.25) is 0 Å². The predicted octanol–water partition coefficient (Wildman–Crippen LogP) is 4.48. The molecule has 0 spiro atoms. The summed E-state index contributed by atoms with van der Waals surface area (Å²) < 4.78 is 17.9. The summed E-state index contributed by atoms with van der Waals surface area (Å²) in [5.74, 6) is -0.174. The maximum absolute atomic E-state index is 13.5. The zero-order valence-corrected chi connectivity index (χ0v) is 18.2. The highest BCUT2D eigenvalue weighted by molar-refractivity contribution is 5.96. The van der Waals surface area contributed by atoms with Crippen molar-refractivity contribution in [3.05, 3.63) is 51.9 Å². The number of hydrogen-bond donors (Lipinski definition) is 3. The SMILES string of the molecule is CC1(C)C=Cc2c(c(C[C@H]3OC3(C)C)c3occ(-c4ccc(O)cc4O)c(=O)c3c2O)O1. The third-order valence-electron chi connectivity index (χ3n) is 6.12. The normalized spacial score (nSPS) is 20.1. The van der Waals surface area contributed by atoms with Crippen LogP contribution in [0, 0.1) is 0 Å². The van der Waals surface area contributed by atoms with Crippen molar-refractivity contribution in [2.24, 2.45) is 0 Å². The van der Waals surface area contributed by atoms with Crippen molar-refractivity contribution in [3.63, 3.8) is 0 Å². The van der Waals surface area contributed by atoms with Crippen molar-refractivity contribution >= 4 is 17.0 Å². The molecular formula is C25H24O7. The lowest BCUT2D eigenvalue weighted by Crippen LogP contribution is -2.28. The zero-order valence-electron chi connectivity index (χ0n) is 18.2. The smallest absolute Gasteiger partial charge is 0.204 e. The fourth-order valence-electron chi connectivity index (χ4n) is 4.19. The summed E-state index contributed by atoms with van der Waals surface area (Å²) in [6.07, 6.45) is 5.19. The minimum absolute atomic E-state index is 0.00939. The molecule has 2 aliphatic heterocycles. The second-order valence-electron chi connectivity index (χ2n) is 9.41. The van der Waals surface area contributed by atoms with Crippen LogP contribution in [0.4, 0.5) is 0 Å². The molecule has 0 amide bonds. The lowest BCUT2D eigenvalue weighted by atomic mass is 9.92. The van der Waals surface area contributed by atoms with Crippen molar-refractivity contribution in [3.8, 4) is 34.1 Å². The lowest BCUT2D eigenvalue weighted by molar-refractivity contribution is 0.156. The number of hydrogen-bond acceptors (Lipinski definition) is 7. The second kappa shape index (κ2) is 6.53. The molecule has 0 bridgehead atoms. The van der Waals surface area contributed by atoms with Gasteiger partial charge in [-0.1, -0.05) is 0 Å². The van der Waals surface area contributed by atoms with Crippen molar-refractivity contribution in [2.75, 3.05) is 0 Å². The van der Waals surface area contributed by atoms with Gasteiger partial charge in [-0.3, -0.25) is 4.79 Å². The number of benzene rings is 2. The van der Waals surface area contributed by atoms with E-state index in [1.165, 1.54) is 18.4 Å². The average molecular weight is 436 g/mol. The third-order valence-corrected chi connectivity index (χ3v) is 6.12. The van der Waals surface area contributed by atoms with Gasteiger partial charge in [0.1, 0.15) is 45.8 Å². The van der Waals surface area contributed by atoms with E-state index < -0.39 is 11.0 Å². The van der Waals surface area contributed by atoms with Crippen LogP contribution in [0.5, 0.6) is 23.0 Å². The van der Waals surface area contributed by atoms with Crippen molar-refractivity contribution < 1.29 is 29.2 Å². The van der Waals surface area contributed by atoms with Gasteiger partial charge in [0.05, 0.1) is 22.8 Å². The van der Waals surface area contributed by atoms with E-state index in [4.69, 9.17) is 13.9 Å². The van der Waals surface area contributed by atoms with E-state index in [1.807, 2.05) is 33.8 Å². The van der Waals surface area contributed by atoms with E-state index in [9.17, 15) is 20.1 Å². The Morgan fingerprint density at radius 1 is 1.06 bits per heavy atom. The monoisotopic (exact) mass is 436 g/mol. The average Bonchev–Trinajstić information content (AvgIpc) is 3.30. The Kier molecular flexibility index (Phi) is 4.17. The molecule has 166 valence electrons. The summed E-state index contributed by atoms with van der Waals surface area (Å²) in [4.78, 5) is 13.5. The number of ether oxygens (including phenoxy) is 2. The third kappa shape index (κ3) is 3.12. The molecule has 3 aromatic rings. The van der Waals surface area contributed by atoms with E-state index in [0.29, 0.717) is 23.3 Å². The zero-order chi connectivity index (χ0) is 23.0. The Morgan fingerprint density at radius 3 is 2.44 bits per heavy atom. The highest BCUT2D eigenvalue weighted by atomic mass is 16.6. The summed E-state index contributed by atoms with van der Waals surface area (Å²) >= 11 is 0. The Hall–Kier alpha value is -3.45. The van der Waals surface area contributed by atoms with Crippen molar-refractivity contribution in [1.82, 2.24) is 0 Å². The van der Waals surface area contributed by atoms with Gasteiger partial charge in [0.2, 0.25) is 5.43 Å². The van der Waals surface area contributed by atoms with Crippen LogP contribution >= 0.6 is 0 Å². The molecule has 2 aliphatic rings. The Balaban J connectivity index is 1.79. The van der Waals surface area contributed by atoms with Gasteiger partial charge in [-0.2, -0.15) is 0 Å². The molecule has 1 saturated heterocycles. The summed E-state index contributed by atoms with van der Waals surface area (Å²) in [5, 5.41) is 30.9. The Bertz CT molecular complexity index is 1360.